The summed E-state index contributed by atoms with van der Waals surface area (Å²) in [7, 11) is 0.0535. The molecule has 0 aromatic heterocycles. The fourth-order valence-electron chi connectivity index (χ4n) is 6.53. The van der Waals surface area contributed by atoms with E-state index in [4.69, 9.17) is 15.6 Å². The van der Waals surface area contributed by atoms with Gasteiger partial charge in [0, 0.05) is 72.2 Å². The SMILES string of the molecule is CC.CC.CC.CC.CC(CCc1ccccc1)=NC1CCCCC1.C[SiH3].C[SiH3].C[SiH3].C[Si](C)(C)C.[CH2-][Si](C)(C)C.[CH2-][Si](C)(C)C.[CH2-][Si](C)(C)C.[CH3-].[Zr].[Zr].c1ccc(C[N-]C([N-]C2CCCCC2)P(c2ccccc2)c2ccccc2)cc1. The van der Waals surface area contributed by atoms with Crippen molar-refractivity contribution >= 4 is 87.3 Å². The van der Waals surface area contributed by atoms with Gasteiger partial charge in [0.2, 0.25) is 0 Å². The summed E-state index contributed by atoms with van der Waals surface area (Å²) in [6, 6.07) is 44.1. The van der Waals surface area contributed by atoms with Crippen molar-refractivity contribution < 1.29 is 52.4 Å². The van der Waals surface area contributed by atoms with E-state index >= 15 is 0 Å². The van der Waals surface area contributed by atoms with Crippen molar-refractivity contribution in [3.05, 3.63) is 170 Å². The Bertz CT molecular complexity index is 1690. The number of nitrogens with zero attached hydrogens (tertiary/aromatic N) is 3. The second-order valence-electron chi connectivity index (χ2n) is 23.5. The van der Waals surface area contributed by atoms with Gasteiger partial charge < -0.3 is 37.7 Å². The summed E-state index contributed by atoms with van der Waals surface area (Å²) in [5, 5.41) is 13.3. The molecule has 2 fully saturated rings. The molecular formula is C70H142N3PSi7Zr2-6. The second-order valence-corrected chi connectivity index (χ2v) is 47.1. The molecule has 0 amide bonds. The largest absolute Gasteiger partial charge is 0.671 e. The molecule has 1 unspecified atom stereocenters. The molecule has 0 N–H and O–H groups in total. The van der Waals surface area contributed by atoms with Crippen molar-refractivity contribution in [2.75, 3.05) is 0 Å². The van der Waals surface area contributed by atoms with Gasteiger partial charge in [-0.15, -0.1) is 36.8 Å². The zero-order chi connectivity index (χ0) is 63.7. The first kappa shape index (κ1) is 105. The molecule has 2 saturated carbocycles. The average Bonchev–Trinajstić information content (AvgIpc) is 3.44. The molecule has 2 aliphatic carbocycles. The van der Waals surface area contributed by atoms with Crippen LogP contribution in [0.1, 0.15) is 144 Å². The van der Waals surface area contributed by atoms with Crippen LogP contribution in [0.5, 0.6) is 0 Å². The molecule has 484 valence electrons. The van der Waals surface area contributed by atoms with E-state index in [0.717, 1.165) is 19.4 Å². The fraction of sp³-hybridized carbons (Fsp3) is 0.586. The Kier molecular flexibility index (Phi) is 90.1. The van der Waals surface area contributed by atoms with Crippen LogP contribution in [0.4, 0.5) is 0 Å². The Morgan fingerprint density at radius 2 is 0.747 bits per heavy atom. The predicted octanol–water partition coefficient (Wildman–Crippen LogP) is 20.9. The van der Waals surface area contributed by atoms with Crippen molar-refractivity contribution in [2.45, 2.75) is 269 Å². The maximum atomic E-state index is 5.37. The molecular weight excluding hydrogens is 1290 g/mol. The van der Waals surface area contributed by atoms with Gasteiger partial charge in [0.05, 0.1) is 0 Å². The van der Waals surface area contributed by atoms with E-state index in [0.29, 0.717) is 12.1 Å². The van der Waals surface area contributed by atoms with E-state index < -0.39 is 40.2 Å². The zero-order valence-corrected chi connectivity index (χ0v) is 76.7. The van der Waals surface area contributed by atoms with E-state index in [2.05, 4.69) is 253 Å². The number of rotatable bonds is 12. The summed E-state index contributed by atoms with van der Waals surface area (Å²) >= 11 is 0. The molecule has 0 saturated heterocycles. The molecule has 6 rings (SSSR count). The quantitative estimate of drug-likeness (QED) is 0.0587. The van der Waals surface area contributed by atoms with Gasteiger partial charge in [-0.3, -0.25) is 4.99 Å². The second kappa shape index (κ2) is 71.3. The topological polar surface area (TPSA) is 40.6 Å². The molecule has 4 aromatic rings. The van der Waals surface area contributed by atoms with Crippen LogP contribution in [-0.4, -0.2) is 86.7 Å². The number of hydrogen-bond donors (Lipinski definition) is 0. The van der Waals surface area contributed by atoms with Crippen LogP contribution in [0.3, 0.4) is 0 Å². The van der Waals surface area contributed by atoms with Crippen LogP contribution in [0.25, 0.3) is 10.6 Å². The van der Waals surface area contributed by atoms with Gasteiger partial charge in [0.25, 0.3) is 0 Å². The summed E-state index contributed by atoms with van der Waals surface area (Å²) in [6.45, 7) is 66.3. The third-order valence-corrected chi connectivity index (χ3v) is 11.6. The molecule has 0 radical (unpaired) electrons. The minimum Gasteiger partial charge on any atom is -0.671 e. The van der Waals surface area contributed by atoms with Gasteiger partial charge in [-0.2, -0.15) is 0 Å². The van der Waals surface area contributed by atoms with E-state index in [1.54, 1.807) is 0 Å². The van der Waals surface area contributed by atoms with Gasteiger partial charge in [0.1, 0.15) is 0 Å². The van der Waals surface area contributed by atoms with Crippen LogP contribution in [0.2, 0.25) is 105 Å². The normalized spacial score (nSPS) is 12.9. The molecule has 0 spiro atoms. The minimum atomic E-state index is -0.861. The number of aliphatic imine (C=N–C) groups is 1. The molecule has 0 bridgehead atoms. The maximum absolute atomic E-state index is 5.37. The van der Waals surface area contributed by atoms with Crippen molar-refractivity contribution in [3.8, 4) is 0 Å². The number of benzene rings is 4. The van der Waals surface area contributed by atoms with Gasteiger partial charge in [-0.05, 0) is 79.5 Å². The first-order valence-corrected chi connectivity index (χ1v) is 54.7. The van der Waals surface area contributed by atoms with Crippen molar-refractivity contribution in [1.82, 2.24) is 0 Å². The van der Waals surface area contributed by atoms with E-state index in [1.165, 1.54) is 122 Å². The standard InChI is InChI=1S/C26H29N2P.C16H23N.C4H12Si.3C4H11Si.4C2H6.3CH6Si.CH3.2Zr/c1-5-13-22(14-6-1)21-27-26(28-23-15-7-2-8-16-23)29(24-17-9-3-10-18-24)25-19-11-4-12-20-25;1-14(17-16-10-6-3-7-11-16)12-13-15-8-4-2-5-9-15;4*1-5(2,3)4;7*1-2;;;/h1,3-6,9-14,17-20,23,26H,2,7-8,15-16,21H2;2,4-5,8-9,16H,3,6-7,10-13H2,1H3;1-4H3;3*1H2,2-4H3;7*1-2H3;1H3;;/q-2;;;3*-1;;;;;;;;-1;;. The van der Waals surface area contributed by atoms with Gasteiger partial charge in [0.15, 0.2) is 0 Å². The summed E-state index contributed by atoms with van der Waals surface area (Å²) in [4.78, 5) is 4.87. The molecule has 3 nitrogen and oxygen atoms in total. The predicted molar refractivity (Wildman–Crippen MR) is 416 cm³/mol. The van der Waals surface area contributed by atoms with E-state index in [-0.39, 0.29) is 65.7 Å². The third kappa shape index (κ3) is 86.4. The smallest absolute Gasteiger partial charge is 0.0498 e. The van der Waals surface area contributed by atoms with Gasteiger partial charge in [-0.25, -0.2) is 5.91 Å². The van der Waals surface area contributed by atoms with Crippen LogP contribution < -0.4 is 10.6 Å². The zero-order valence-electron chi connectivity index (χ0n) is 60.9. The molecule has 0 aliphatic heterocycles. The monoisotopic (exact) mass is 1430 g/mol. The summed E-state index contributed by atoms with van der Waals surface area (Å²) in [6.07, 6.45) is 15.4. The Hall–Kier alpha value is 0.184. The third-order valence-electron chi connectivity index (χ3n) is 9.09. The van der Waals surface area contributed by atoms with Crippen LogP contribution in [0.15, 0.2) is 126 Å². The Morgan fingerprint density at radius 1 is 0.482 bits per heavy atom. The van der Waals surface area contributed by atoms with Crippen LogP contribution in [-0.2, 0) is 65.4 Å². The van der Waals surface area contributed by atoms with E-state index in [9.17, 15) is 0 Å². The van der Waals surface area contributed by atoms with Crippen molar-refractivity contribution in [3.63, 3.8) is 0 Å². The first-order chi connectivity index (χ1) is 37.7. The van der Waals surface area contributed by atoms with Crippen molar-refractivity contribution in [1.29, 1.82) is 0 Å². The Balaban J connectivity index is -0.000000106. The first-order valence-electron chi connectivity index (χ1n) is 32.2. The average molecular weight is 1440 g/mol. The van der Waals surface area contributed by atoms with Gasteiger partial charge in [-0.1, -0.05) is 346 Å². The molecule has 13 heteroatoms. The van der Waals surface area contributed by atoms with Crippen LogP contribution >= 0.6 is 7.92 Å². The maximum Gasteiger partial charge on any atom is 0.0498 e. The molecule has 1 atom stereocenters. The van der Waals surface area contributed by atoms with Crippen molar-refractivity contribution in [2.24, 2.45) is 4.99 Å². The van der Waals surface area contributed by atoms with Crippen LogP contribution in [0, 0.1) is 27.1 Å². The summed E-state index contributed by atoms with van der Waals surface area (Å²) in [5.74, 6) is -0.00175. The molecule has 4 aromatic carbocycles. The molecule has 2 aliphatic rings. The van der Waals surface area contributed by atoms with Gasteiger partial charge >= 0.3 is 0 Å². The number of hydrogen-bond acceptors (Lipinski definition) is 1. The molecule has 83 heavy (non-hydrogen) atoms. The summed E-state index contributed by atoms with van der Waals surface area (Å²) < 4.78 is 0. The summed E-state index contributed by atoms with van der Waals surface area (Å²) in [5.41, 5.74) is 4.01. The minimum absolute atomic E-state index is 0. The fourth-order valence-corrected chi connectivity index (χ4v) is 8.92. The Labute approximate surface area is 577 Å². The molecule has 0 heterocycles. The number of aryl methyl sites for hydroxylation is 1. The van der Waals surface area contributed by atoms with E-state index in [1.807, 2.05) is 55.4 Å². The Morgan fingerprint density at radius 3 is 1.05 bits per heavy atom.